The molecular formula is C19H22ClFN2O3. The summed E-state index contributed by atoms with van der Waals surface area (Å²) in [6.45, 7) is -0.361. The third-order valence-corrected chi connectivity index (χ3v) is 6.22. The molecule has 0 atom stereocenters. The molecule has 4 bridgehead atoms. The number of ether oxygens (including phenoxy) is 1. The number of hydrogen-bond acceptors (Lipinski definition) is 3. The molecule has 4 fully saturated rings. The third kappa shape index (κ3) is 3.65. The van der Waals surface area contributed by atoms with Crippen LogP contribution in [0.3, 0.4) is 0 Å². The van der Waals surface area contributed by atoms with Crippen LogP contribution in [0.15, 0.2) is 18.2 Å². The molecule has 7 heteroatoms. The van der Waals surface area contributed by atoms with E-state index in [4.69, 9.17) is 16.3 Å². The number of halogens is 2. The van der Waals surface area contributed by atoms with Gasteiger partial charge in [-0.15, -0.1) is 0 Å². The largest absolute Gasteiger partial charge is 0.482 e. The Morgan fingerprint density at radius 1 is 1.15 bits per heavy atom. The molecule has 0 saturated heterocycles. The van der Waals surface area contributed by atoms with E-state index in [9.17, 15) is 14.0 Å². The van der Waals surface area contributed by atoms with Gasteiger partial charge in [0.1, 0.15) is 11.6 Å². The van der Waals surface area contributed by atoms with E-state index >= 15 is 0 Å². The minimum absolute atomic E-state index is 0.0795. The fourth-order valence-corrected chi connectivity index (χ4v) is 5.66. The zero-order chi connectivity index (χ0) is 18.3. The maximum Gasteiger partial charge on any atom is 0.321 e. The van der Waals surface area contributed by atoms with Crippen molar-refractivity contribution in [1.82, 2.24) is 10.6 Å². The maximum atomic E-state index is 13.0. The summed E-state index contributed by atoms with van der Waals surface area (Å²) in [5.74, 6) is 1.28. The van der Waals surface area contributed by atoms with Crippen molar-refractivity contribution < 1.29 is 18.7 Å². The second-order valence-corrected chi connectivity index (χ2v) is 8.47. The molecule has 0 spiro atoms. The molecule has 1 aromatic carbocycles. The third-order valence-electron chi connectivity index (χ3n) is 5.92. The highest BCUT2D eigenvalue weighted by Crippen LogP contribution is 2.55. The van der Waals surface area contributed by atoms with Gasteiger partial charge in [-0.05, 0) is 74.5 Å². The molecule has 140 valence electrons. The van der Waals surface area contributed by atoms with Crippen LogP contribution in [0.1, 0.15) is 38.5 Å². The first kappa shape index (κ1) is 17.6. The highest BCUT2D eigenvalue weighted by molar-refractivity contribution is 6.32. The van der Waals surface area contributed by atoms with Gasteiger partial charge in [-0.1, -0.05) is 11.6 Å². The number of amides is 3. The normalized spacial score (nSPS) is 31.5. The van der Waals surface area contributed by atoms with Gasteiger partial charge in [0.05, 0.1) is 5.02 Å². The smallest absolute Gasteiger partial charge is 0.321 e. The molecule has 3 amide bonds. The van der Waals surface area contributed by atoms with E-state index in [0.717, 1.165) is 25.3 Å². The Labute approximate surface area is 156 Å². The number of benzene rings is 1. The van der Waals surface area contributed by atoms with Crippen LogP contribution < -0.4 is 15.4 Å². The zero-order valence-corrected chi connectivity index (χ0v) is 15.2. The number of carbonyl (C=O) groups excluding carboxylic acids is 2. The number of carbonyl (C=O) groups is 2. The van der Waals surface area contributed by atoms with Gasteiger partial charge >= 0.3 is 6.03 Å². The lowest BCUT2D eigenvalue weighted by Gasteiger charge is -2.56. The number of hydrogen-bond donors (Lipinski definition) is 2. The molecule has 5 rings (SSSR count). The molecule has 0 unspecified atom stereocenters. The summed E-state index contributed by atoms with van der Waals surface area (Å²) in [5, 5.41) is 5.47. The van der Waals surface area contributed by atoms with Crippen molar-refractivity contribution in [2.45, 2.75) is 44.1 Å². The molecule has 0 aliphatic heterocycles. The maximum absolute atomic E-state index is 13.0. The summed E-state index contributed by atoms with van der Waals surface area (Å²) in [4.78, 5) is 24.3. The first-order valence-corrected chi connectivity index (χ1v) is 9.48. The first-order valence-electron chi connectivity index (χ1n) is 9.11. The number of imide groups is 1. The summed E-state index contributed by atoms with van der Waals surface area (Å²) >= 11 is 5.85. The fourth-order valence-electron chi connectivity index (χ4n) is 5.43. The lowest BCUT2D eigenvalue weighted by Crippen LogP contribution is -2.62. The van der Waals surface area contributed by atoms with Crippen LogP contribution in [0.2, 0.25) is 5.02 Å². The van der Waals surface area contributed by atoms with E-state index in [1.54, 1.807) is 0 Å². The van der Waals surface area contributed by atoms with Crippen molar-refractivity contribution in [3.8, 4) is 5.75 Å². The van der Waals surface area contributed by atoms with Gasteiger partial charge in [0, 0.05) is 5.54 Å². The summed E-state index contributed by atoms with van der Waals surface area (Å²) < 4.78 is 18.3. The van der Waals surface area contributed by atoms with Gasteiger partial charge in [-0.2, -0.15) is 0 Å². The molecule has 1 aromatic rings. The van der Waals surface area contributed by atoms with E-state index in [1.165, 1.54) is 31.4 Å². The Kier molecular flexibility index (Phi) is 4.55. The van der Waals surface area contributed by atoms with Crippen molar-refractivity contribution in [3.05, 3.63) is 29.0 Å². The Hall–Kier alpha value is -1.82. The second kappa shape index (κ2) is 6.72. The van der Waals surface area contributed by atoms with Crippen LogP contribution in [0.25, 0.3) is 0 Å². The van der Waals surface area contributed by atoms with Crippen LogP contribution in [0.4, 0.5) is 9.18 Å². The quantitative estimate of drug-likeness (QED) is 0.837. The number of nitrogens with one attached hydrogen (secondary N) is 2. The van der Waals surface area contributed by atoms with Crippen molar-refractivity contribution >= 4 is 23.5 Å². The molecule has 0 aromatic heterocycles. The summed E-state index contributed by atoms with van der Waals surface area (Å²) in [6.07, 6.45) is 6.90. The second-order valence-electron chi connectivity index (χ2n) is 8.06. The predicted molar refractivity (Wildman–Crippen MR) is 94.5 cm³/mol. The fraction of sp³-hybridized carbons (Fsp3) is 0.579. The van der Waals surface area contributed by atoms with Gasteiger partial charge < -0.3 is 10.1 Å². The molecule has 4 saturated carbocycles. The van der Waals surface area contributed by atoms with Crippen molar-refractivity contribution in [3.63, 3.8) is 0 Å². The number of rotatable bonds is 4. The highest BCUT2D eigenvalue weighted by atomic mass is 35.5. The van der Waals surface area contributed by atoms with E-state index < -0.39 is 17.8 Å². The van der Waals surface area contributed by atoms with Gasteiger partial charge in [0.2, 0.25) is 0 Å². The Morgan fingerprint density at radius 3 is 2.35 bits per heavy atom. The molecule has 26 heavy (non-hydrogen) atoms. The topological polar surface area (TPSA) is 67.4 Å². The van der Waals surface area contributed by atoms with Crippen LogP contribution >= 0.6 is 11.6 Å². The molecule has 4 aliphatic carbocycles. The standard InChI is InChI=1S/C19H22ClFN2O3/c20-15-6-14(21)1-2-16(15)26-10-17(24)22-18(25)23-19-7-11-3-12(8-19)5-13(4-11)9-19/h1-2,6,11-13H,3-5,7-10H2,(H2,22,23,24,25). The Morgan fingerprint density at radius 2 is 1.77 bits per heavy atom. The van der Waals surface area contributed by atoms with E-state index in [-0.39, 0.29) is 22.9 Å². The van der Waals surface area contributed by atoms with Crippen molar-refractivity contribution in [1.29, 1.82) is 0 Å². The average molecular weight is 381 g/mol. The van der Waals surface area contributed by atoms with E-state index in [0.29, 0.717) is 17.8 Å². The first-order chi connectivity index (χ1) is 12.4. The summed E-state index contributed by atoms with van der Waals surface area (Å²) in [7, 11) is 0. The van der Waals surface area contributed by atoms with Gasteiger partial charge in [0.25, 0.3) is 5.91 Å². The minimum atomic E-state index is -0.562. The van der Waals surface area contributed by atoms with Gasteiger partial charge in [-0.3, -0.25) is 10.1 Å². The minimum Gasteiger partial charge on any atom is -0.482 e. The van der Waals surface area contributed by atoms with Gasteiger partial charge in [0.15, 0.2) is 6.61 Å². The van der Waals surface area contributed by atoms with Crippen LogP contribution in [0.5, 0.6) is 5.75 Å². The SMILES string of the molecule is O=C(COc1ccc(F)cc1Cl)NC(=O)NC12CC3CC(CC(C3)C1)C2. The molecule has 2 N–H and O–H groups in total. The average Bonchev–Trinajstić information content (AvgIpc) is 2.51. The summed E-state index contributed by atoms with van der Waals surface area (Å²) in [6, 6.07) is 3.18. The van der Waals surface area contributed by atoms with Crippen LogP contribution in [-0.2, 0) is 4.79 Å². The molecule has 5 nitrogen and oxygen atoms in total. The Bertz CT molecular complexity index is 704. The zero-order valence-electron chi connectivity index (χ0n) is 14.4. The Balaban J connectivity index is 1.29. The molecular weight excluding hydrogens is 359 g/mol. The van der Waals surface area contributed by atoms with Crippen LogP contribution in [0, 0.1) is 23.6 Å². The molecule has 0 heterocycles. The van der Waals surface area contributed by atoms with Crippen LogP contribution in [-0.4, -0.2) is 24.1 Å². The van der Waals surface area contributed by atoms with Crippen molar-refractivity contribution in [2.24, 2.45) is 17.8 Å². The summed E-state index contributed by atoms with van der Waals surface area (Å²) in [5.41, 5.74) is -0.153. The van der Waals surface area contributed by atoms with Crippen molar-refractivity contribution in [2.75, 3.05) is 6.61 Å². The molecule has 0 radical (unpaired) electrons. The van der Waals surface area contributed by atoms with Gasteiger partial charge in [-0.25, -0.2) is 9.18 Å². The highest BCUT2D eigenvalue weighted by Gasteiger charge is 2.51. The van der Waals surface area contributed by atoms with E-state index in [1.807, 2.05) is 0 Å². The molecule has 4 aliphatic rings. The monoisotopic (exact) mass is 380 g/mol. The lowest BCUT2D eigenvalue weighted by atomic mass is 9.53. The lowest BCUT2D eigenvalue weighted by molar-refractivity contribution is -0.122. The van der Waals surface area contributed by atoms with E-state index in [2.05, 4.69) is 10.6 Å². The predicted octanol–water partition coefficient (Wildman–Crippen LogP) is 3.65. The number of urea groups is 1.